The molecule has 3 aromatic rings. The lowest BCUT2D eigenvalue weighted by molar-refractivity contribution is 0.477. The van der Waals surface area contributed by atoms with Crippen LogP contribution in [0.3, 0.4) is 0 Å². The van der Waals surface area contributed by atoms with Gasteiger partial charge < -0.3 is 10.8 Å². The zero-order valence-corrected chi connectivity index (χ0v) is 13.4. The van der Waals surface area contributed by atoms with Crippen LogP contribution in [0.1, 0.15) is 11.3 Å². The predicted molar refractivity (Wildman–Crippen MR) is 94.8 cm³/mol. The number of aromatic nitrogens is 2. The van der Waals surface area contributed by atoms with Crippen molar-refractivity contribution in [2.75, 3.05) is 5.73 Å². The fraction of sp³-hybridized carbons (Fsp3) is 0.158. The topological polar surface area (TPSA) is 81.1 Å². The smallest absolute Gasteiger partial charge is 0.254 e. The van der Waals surface area contributed by atoms with Crippen LogP contribution in [0.4, 0.5) is 5.95 Å². The number of nitrogens with two attached hydrogens (primary N) is 1. The first-order chi connectivity index (χ1) is 11.5. The van der Waals surface area contributed by atoms with Crippen LogP contribution in [0.15, 0.2) is 59.4 Å². The molecule has 0 aliphatic heterocycles. The summed E-state index contributed by atoms with van der Waals surface area (Å²) in [5.41, 5.74) is 9.13. The van der Waals surface area contributed by atoms with E-state index in [1.54, 1.807) is 19.2 Å². The summed E-state index contributed by atoms with van der Waals surface area (Å²) in [6, 6.07) is 16.8. The number of aryl methyl sites for hydroxylation is 2. The Hall–Kier alpha value is -3.08. The number of rotatable bonds is 4. The van der Waals surface area contributed by atoms with Crippen molar-refractivity contribution in [3.05, 3.63) is 76.2 Å². The number of phenolic OH excluding ortho intramolecular Hbond substituents is 1. The second-order valence-corrected chi connectivity index (χ2v) is 5.72. The molecule has 122 valence electrons. The fourth-order valence-corrected chi connectivity index (χ4v) is 2.62. The molecule has 0 saturated carbocycles. The van der Waals surface area contributed by atoms with Gasteiger partial charge in [-0.1, -0.05) is 42.5 Å². The van der Waals surface area contributed by atoms with Crippen molar-refractivity contribution < 1.29 is 5.11 Å². The molecule has 5 heteroatoms. The Bertz CT molecular complexity index is 932. The molecule has 0 atom stereocenters. The Labute approximate surface area is 140 Å². The van der Waals surface area contributed by atoms with Crippen LogP contribution in [0, 0.1) is 0 Å². The van der Waals surface area contributed by atoms with Crippen molar-refractivity contribution >= 4 is 5.95 Å². The van der Waals surface area contributed by atoms with E-state index in [2.05, 4.69) is 4.98 Å². The molecule has 0 fully saturated rings. The van der Waals surface area contributed by atoms with Gasteiger partial charge >= 0.3 is 0 Å². The van der Waals surface area contributed by atoms with Crippen molar-refractivity contribution in [3.63, 3.8) is 0 Å². The highest BCUT2D eigenvalue weighted by molar-refractivity contribution is 5.70. The fourth-order valence-electron chi connectivity index (χ4n) is 2.62. The second-order valence-electron chi connectivity index (χ2n) is 5.72. The summed E-state index contributed by atoms with van der Waals surface area (Å²) in [6.45, 7) is 0. The molecule has 0 amide bonds. The third kappa shape index (κ3) is 3.30. The average Bonchev–Trinajstić information content (AvgIpc) is 2.58. The molecule has 0 aliphatic rings. The van der Waals surface area contributed by atoms with Crippen LogP contribution < -0.4 is 11.3 Å². The zero-order valence-electron chi connectivity index (χ0n) is 13.4. The molecule has 0 spiro atoms. The molecule has 2 aromatic carbocycles. The van der Waals surface area contributed by atoms with Crippen LogP contribution in [0.5, 0.6) is 5.75 Å². The van der Waals surface area contributed by atoms with Gasteiger partial charge in [-0.25, -0.2) is 4.98 Å². The lowest BCUT2D eigenvalue weighted by Gasteiger charge is -2.08. The molecule has 0 saturated heterocycles. The van der Waals surface area contributed by atoms with E-state index in [0.29, 0.717) is 12.1 Å². The Morgan fingerprint density at radius 2 is 1.88 bits per heavy atom. The monoisotopic (exact) mass is 321 g/mol. The maximum absolute atomic E-state index is 11.8. The minimum absolute atomic E-state index is 0.152. The summed E-state index contributed by atoms with van der Waals surface area (Å²) < 4.78 is 1.32. The average molecular weight is 321 g/mol. The number of para-hydroxylation sites is 1. The quantitative estimate of drug-likeness (QED) is 0.773. The summed E-state index contributed by atoms with van der Waals surface area (Å²) in [4.78, 5) is 16.0. The Morgan fingerprint density at radius 1 is 1.08 bits per heavy atom. The number of hydrogen-bond acceptors (Lipinski definition) is 4. The van der Waals surface area contributed by atoms with Gasteiger partial charge in [0.05, 0.1) is 5.69 Å². The van der Waals surface area contributed by atoms with Crippen molar-refractivity contribution in [1.82, 2.24) is 9.55 Å². The number of aromatic hydroxyl groups is 1. The van der Waals surface area contributed by atoms with Gasteiger partial charge in [-0.15, -0.1) is 0 Å². The maximum atomic E-state index is 11.8. The van der Waals surface area contributed by atoms with Gasteiger partial charge in [0.1, 0.15) is 5.75 Å². The normalized spacial score (nSPS) is 10.7. The number of nitrogens with zero attached hydrogens (tertiary/aromatic N) is 2. The molecule has 24 heavy (non-hydrogen) atoms. The maximum Gasteiger partial charge on any atom is 0.254 e. The van der Waals surface area contributed by atoms with Crippen molar-refractivity contribution in [1.29, 1.82) is 0 Å². The second kappa shape index (κ2) is 6.58. The van der Waals surface area contributed by atoms with Gasteiger partial charge in [0.2, 0.25) is 5.95 Å². The van der Waals surface area contributed by atoms with Gasteiger partial charge in [0, 0.05) is 18.7 Å². The summed E-state index contributed by atoms with van der Waals surface area (Å²) in [5, 5.41) is 9.99. The molecular formula is C19H19N3O2. The lowest BCUT2D eigenvalue weighted by atomic mass is 10.00. The van der Waals surface area contributed by atoms with E-state index < -0.39 is 0 Å². The molecule has 1 heterocycles. The summed E-state index contributed by atoms with van der Waals surface area (Å²) >= 11 is 0. The van der Waals surface area contributed by atoms with Crippen LogP contribution in [0.25, 0.3) is 11.1 Å². The number of benzene rings is 2. The van der Waals surface area contributed by atoms with E-state index in [1.807, 2.05) is 36.4 Å². The van der Waals surface area contributed by atoms with Crippen LogP contribution in [-0.2, 0) is 19.9 Å². The lowest BCUT2D eigenvalue weighted by Crippen LogP contribution is -2.21. The number of hydrogen-bond donors (Lipinski definition) is 2. The van der Waals surface area contributed by atoms with Gasteiger partial charge in [-0.3, -0.25) is 9.36 Å². The first kappa shape index (κ1) is 15.8. The first-order valence-corrected chi connectivity index (χ1v) is 7.74. The SMILES string of the molecule is Cn1c(N)nc(CCc2cccc(-c3ccccc3O)c2)cc1=O. The molecular weight excluding hydrogens is 302 g/mol. The molecule has 1 aromatic heterocycles. The summed E-state index contributed by atoms with van der Waals surface area (Å²) in [6.07, 6.45) is 1.37. The molecule has 3 N–H and O–H groups in total. The Kier molecular flexibility index (Phi) is 4.33. The first-order valence-electron chi connectivity index (χ1n) is 7.74. The Morgan fingerprint density at radius 3 is 2.62 bits per heavy atom. The zero-order chi connectivity index (χ0) is 17.1. The highest BCUT2D eigenvalue weighted by Gasteiger charge is 2.06. The minimum Gasteiger partial charge on any atom is -0.507 e. The molecule has 3 rings (SSSR count). The van der Waals surface area contributed by atoms with Gasteiger partial charge in [0.25, 0.3) is 5.56 Å². The van der Waals surface area contributed by atoms with Crippen molar-refractivity contribution in [2.24, 2.45) is 7.05 Å². The van der Waals surface area contributed by atoms with Gasteiger partial charge in [-0.2, -0.15) is 0 Å². The predicted octanol–water partition coefficient (Wildman–Crippen LogP) is 2.52. The third-order valence-electron chi connectivity index (χ3n) is 4.03. The standard InChI is InChI=1S/C19H19N3O2/c1-22-18(24)12-15(21-19(22)20)10-9-13-5-4-6-14(11-13)16-7-2-3-8-17(16)23/h2-8,11-12,23H,9-10H2,1H3,(H2,20,21). The van der Waals surface area contributed by atoms with Crippen molar-refractivity contribution in [3.8, 4) is 16.9 Å². The minimum atomic E-state index is -0.152. The van der Waals surface area contributed by atoms with E-state index in [0.717, 1.165) is 23.1 Å². The molecule has 0 aliphatic carbocycles. The Balaban J connectivity index is 1.81. The van der Waals surface area contributed by atoms with Gasteiger partial charge in [0.15, 0.2) is 0 Å². The molecule has 5 nitrogen and oxygen atoms in total. The van der Waals surface area contributed by atoms with E-state index in [-0.39, 0.29) is 17.3 Å². The molecule has 0 bridgehead atoms. The van der Waals surface area contributed by atoms with Crippen molar-refractivity contribution in [2.45, 2.75) is 12.8 Å². The highest BCUT2D eigenvalue weighted by atomic mass is 16.3. The summed E-state index contributed by atoms with van der Waals surface area (Å²) in [5.74, 6) is 0.483. The summed E-state index contributed by atoms with van der Waals surface area (Å²) in [7, 11) is 1.60. The van der Waals surface area contributed by atoms with Crippen LogP contribution in [0.2, 0.25) is 0 Å². The molecule has 0 unspecified atom stereocenters. The number of phenols is 1. The largest absolute Gasteiger partial charge is 0.507 e. The number of anilines is 1. The van der Waals surface area contributed by atoms with E-state index >= 15 is 0 Å². The van der Waals surface area contributed by atoms with E-state index in [4.69, 9.17) is 5.73 Å². The third-order valence-corrected chi connectivity index (χ3v) is 4.03. The van der Waals surface area contributed by atoms with Crippen LogP contribution in [-0.4, -0.2) is 14.7 Å². The van der Waals surface area contributed by atoms with E-state index in [1.165, 1.54) is 10.6 Å². The molecule has 0 radical (unpaired) electrons. The van der Waals surface area contributed by atoms with Crippen LogP contribution >= 0.6 is 0 Å². The number of nitrogen functional groups attached to an aromatic ring is 1. The van der Waals surface area contributed by atoms with E-state index in [9.17, 15) is 9.90 Å². The highest BCUT2D eigenvalue weighted by Crippen LogP contribution is 2.29. The van der Waals surface area contributed by atoms with Gasteiger partial charge in [-0.05, 0) is 30.0 Å².